The van der Waals surface area contributed by atoms with Gasteiger partial charge < -0.3 is 47.9 Å². The van der Waals surface area contributed by atoms with E-state index in [1.54, 1.807) is 18.2 Å². The third-order valence-electron chi connectivity index (χ3n) is 9.93. The Labute approximate surface area is 304 Å². The Balaban J connectivity index is 1.36. The maximum absolute atomic E-state index is 14.6. The van der Waals surface area contributed by atoms with E-state index in [-0.39, 0.29) is 23.2 Å². The lowest BCUT2D eigenvalue weighted by Crippen LogP contribution is -2.80. The number of nitrogens with one attached hydrogen (secondary N) is 2. The second-order valence-corrected chi connectivity index (χ2v) is 13.5. The molecule has 0 aromatic heterocycles. The zero-order chi connectivity index (χ0) is 39.7. The van der Waals surface area contributed by atoms with Crippen molar-refractivity contribution in [3.63, 3.8) is 0 Å². The van der Waals surface area contributed by atoms with Gasteiger partial charge in [0.05, 0.1) is 34.3 Å². The third-order valence-corrected chi connectivity index (χ3v) is 9.93. The van der Waals surface area contributed by atoms with E-state index < -0.39 is 93.0 Å². The Bertz CT molecular complexity index is 2250. The van der Waals surface area contributed by atoms with E-state index in [1.165, 1.54) is 55.4 Å². The van der Waals surface area contributed by atoms with Crippen LogP contribution in [-0.4, -0.2) is 81.3 Å². The molecule has 1 fully saturated rings. The molecule has 11 N–H and O–H groups in total. The SMILES string of the molecule is CN(C)[C@@H]1C(=O)C(C(N)=O)=C(O)[C@@]2(C#N)C(=O)C3=C(O)c4c(O)ccc(-c5ccc(NC(=O)Nc6ccc(OC(F)(F)F)cc6)cc5)c4C[C@@]3(N)C[C@@]12N. The van der Waals surface area contributed by atoms with Crippen molar-refractivity contribution in [3.8, 4) is 28.7 Å². The van der Waals surface area contributed by atoms with Crippen LogP contribution in [0.1, 0.15) is 17.5 Å². The molecule has 0 aliphatic heterocycles. The number of aromatic hydroxyl groups is 1. The number of urea groups is 1. The van der Waals surface area contributed by atoms with Crippen molar-refractivity contribution in [2.24, 2.45) is 22.6 Å². The van der Waals surface area contributed by atoms with E-state index in [1.807, 2.05) is 0 Å². The molecule has 54 heavy (non-hydrogen) atoms. The number of alkyl halides is 3. The highest BCUT2D eigenvalue weighted by molar-refractivity contribution is 6.25. The minimum Gasteiger partial charge on any atom is -0.509 e. The Hall–Kier alpha value is -6.42. The number of aliphatic hydroxyl groups excluding tert-OH is 2. The Morgan fingerprint density at radius 3 is 2.06 bits per heavy atom. The van der Waals surface area contributed by atoms with Crippen LogP contribution in [0.25, 0.3) is 16.9 Å². The van der Waals surface area contributed by atoms with E-state index in [4.69, 9.17) is 17.2 Å². The zero-order valence-electron chi connectivity index (χ0n) is 28.4. The first-order chi connectivity index (χ1) is 25.2. The molecule has 18 heteroatoms. The molecule has 0 bridgehead atoms. The number of likely N-dealkylation sites (N-methyl/N-ethyl adjacent to an activating group) is 1. The molecule has 0 saturated heterocycles. The number of nitriles is 1. The summed E-state index contributed by atoms with van der Waals surface area (Å²) < 4.78 is 41.1. The van der Waals surface area contributed by atoms with Gasteiger partial charge in [0.2, 0.25) is 0 Å². The summed E-state index contributed by atoms with van der Waals surface area (Å²) in [6.07, 6.45) is -5.69. The molecule has 3 aliphatic rings. The van der Waals surface area contributed by atoms with Gasteiger partial charge in [-0.1, -0.05) is 18.2 Å². The normalized spacial score (nSPS) is 25.0. The maximum atomic E-state index is 14.6. The predicted molar refractivity (Wildman–Crippen MR) is 185 cm³/mol. The highest BCUT2D eigenvalue weighted by Crippen LogP contribution is 2.58. The molecule has 3 aromatic rings. The molecular weight excluding hydrogens is 715 g/mol. The number of nitrogens with zero attached hydrogens (tertiary/aromatic N) is 2. The second kappa shape index (κ2) is 12.6. The van der Waals surface area contributed by atoms with Crippen molar-refractivity contribution in [2.75, 3.05) is 24.7 Å². The number of fused-ring (bicyclic) bond motifs is 3. The van der Waals surface area contributed by atoms with Gasteiger partial charge in [-0.25, -0.2) is 4.79 Å². The second-order valence-electron chi connectivity index (χ2n) is 13.5. The van der Waals surface area contributed by atoms with Gasteiger partial charge in [-0.3, -0.25) is 19.3 Å². The maximum Gasteiger partial charge on any atom is 0.573 e. The minimum atomic E-state index is -4.87. The van der Waals surface area contributed by atoms with Crippen molar-refractivity contribution in [1.29, 1.82) is 5.26 Å². The van der Waals surface area contributed by atoms with Gasteiger partial charge in [0, 0.05) is 11.4 Å². The van der Waals surface area contributed by atoms with Crippen LogP contribution in [0.15, 0.2) is 77.6 Å². The number of amides is 3. The fourth-order valence-electron chi connectivity index (χ4n) is 7.87. The predicted octanol–water partition coefficient (Wildman–Crippen LogP) is 3.12. The number of Topliss-reactive ketones (excluding diaryl/α,β-unsaturated/α-hetero) is 2. The highest BCUT2D eigenvalue weighted by Gasteiger charge is 2.74. The summed E-state index contributed by atoms with van der Waals surface area (Å²) in [5.41, 5.74) is 12.2. The molecule has 1 saturated carbocycles. The number of hydrogen-bond acceptors (Lipinski definition) is 12. The fraction of sp³-hybridized carbons (Fsp3) is 0.250. The van der Waals surface area contributed by atoms with E-state index in [9.17, 15) is 52.9 Å². The number of phenols is 1. The molecule has 0 radical (unpaired) electrons. The van der Waals surface area contributed by atoms with E-state index >= 15 is 0 Å². The van der Waals surface area contributed by atoms with Crippen LogP contribution in [0, 0.1) is 16.7 Å². The van der Waals surface area contributed by atoms with Gasteiger partial charge in [0.15, 0.2) is 17.0 Å². The van der Waals surface area contributed by atoms with Gasteiger partial charge in [-0.2, -0.15) is 5.26 Å². The molecule has 0 heterocycles. The molecule has 280 valence electrons. The summed E-state index contributed by atoms with van der Waals surface area (Å²) in [6, 6.07) is 13.0. The Morgan fingerprint density at radius 1 is 0.963 bits per heavy atom. The molecule has 3 aliphatic carbocycles. The number of anilines is 2. The fourth-order valence-corrected chi connectivity index (χ4v) is 7.87. The molecule has 3 amide bonds. The van der Waals surface area contributed by atoms with Gasteiger partial charge in [-0.05, 0) is 86.1 Å². The average Bonchev–Trinajstić information content (AvgIpc) is 3.04. The summed E-state index contributed by atoms with van der Waals surface area (Å²) in [4.78, 5) is 54.5. The van der Waals surface area contributed by atoms with Gasteiger partial charge >= 0.3 is 12.4 Å². The lowest BCUT2D eigenvalue weighted by molar-refractivity contribution is -0.274. The number of phenolic OH excluding ortho intramolecular Hbond substituents is 1. The number of primary amides is 1. The topological polar surface area (TPSA) is 267 Å². The monoisotopic (exact) mass is 747 g/mol. The van der Waals surface area contributed by atoms with Crippen molar-refractivity contribution in [3.05, 3.63) is 88.7 Å². The van der Waals surface area contributed by atoms with Gasteiger partial charge in [0.25, 0.3) is 5.91 Å². The molecular formula is C36H32F3N7O8. The summed E-state index contributed by atoms with van der Waals surface area (Å²) >= 11 is 0. The molecule has 0 unspecified atom stereocenters. The largest absolute Gasteiger partial charge is 0.573 e. The van der Waals surface area contributed by atoms with Crippen molar-refractivity contribution in [1.82, 2.24) is 4.90 Å². The highest BCUT2D eigenvalue weighted by atomic mass is 19.4. The first-order valence-electron chi connectivity index (χ1n) is 16.0. The van der Waals surface area contributed by atoms with Crippen LogP contribution in [0.3, 0.4) is 0 Å². The van der Waals surface area contributed by atoms with Crippen LogP contribution in [0.5, 0.6) is 11.5 Å². The minimum absolute atomic E-state index is 0.179. The number of hydrogen-bond donors (Lipinski definition) is 8. The van der Waals surface area contributed by atoms with Crippen molar-refractivity contribution < 1.29 is 52.4 Å². The summed E-state index contributed by atoms with van der Waals surface area (Å²) in [7, 11) is 2.83. The third kappa shape index (κ3) is 5.65. The number of benzene rings is 3. The number of ether oxygens (including phenoxy) is 1. The smallest absolute Gasteiger partial charge is 0.509 e. The van der Waals surface area contributed by atoms with Crippen molar-refractivity contribution in [2.45, 2.75) is 36.3 Å². The van der Waals surface area contributed by atoms with E-state index in [0.29, 0.717) is 16.8 Å². The average molecular weight is 748 g/mol. The zero-order valence-corrected chi connectivity index (χ0v) is 28.4. The number of ketones is 2. The molecule has 3 aromatic carbocycles. The number of carbonyl (C=O) groups is 4. The molecule has 15 nitrogen and oxygen atoms in total. The summed E-state index contributed by atoms with van der Waals surface area (Å²) in [6.45, 7) is 0. The van der Waals surface area contributed by atoms with Crippen LogP contribution in [-0.2, 0) is 20.8 Å². The Morgan fingerprint density at radius 2 is 1.54 bits per heavy atom. The van der Waals surface area contributed by atoms with E-state index in [2.05, 4.69) is 15.4 Å². The Kier molecular flexibility index (Phi) is 8.72. The van der Waals surface area contributed by atoms with Gasteiger partial charge in [0.1, 0.15) is 28.6 Å². The summed E-state index contributed by atoms with van der Waals surface area (Å²) in [5, 5.41) is 49.7. The number of aliphatic hydroxyl groups is 2. The standard InChI is InChI=1S/C36H32F3N7O8/c1-46(2)28-27(49)24(31(41)52)29(50)34(15-40)30(51)25-26(48)23-21(13-33(25,42)14-35(28,34)43)20(11-12-22(23)47)16-3-5-17(6-4-16)44-32(53)45-18-7-9-19(10-8-18)54-36(37,38)39/h3-12,28,47-48,50H,13-14,42-43H2,1-2H3,(H2,41,52)(H2,44,45,53)/t28-,33-,34+,35-/m1/s1. The molecule has 0 spiro atoms. The number of halogens is 3. The quantitative estimate of drug-likeness (QED) is 0.169. The number of nitrogens with two attached hydrogens (primary N) is 3. The lowest BCUT2D eigenvalue weighted by Gasteiger charge is -2.58. The first kappa shape index (κ1) is 37.3. The van der Waals surface area contributed by atoms with Crippen molar-refractivity contribution >= 4 is 40.6 Å². The van der Waals surface area contributed by atoms with Crippen LogP contribution in [0.2, 0.25) is 0 Å². The van der Waals surface area contributed by atoms with Gasteiger partial charge in [-0.15, -0.1) is 13.2 Å². The lowest BCUT2D eigenvalue weighted by atomic mass is 9.47. The summed E-state index contributed by atoms with van der Waals surface area (Å²) in [5.74, 6) is -6.69. The van der Waals surface area contributed by atoms with Crippen LogP contribution < -0.4 is 32.6 Å². The first-order valence-corrected chi connectivity index (χ1v) is 16.0. The van der Waals surface area contributed by atoms with Crippen LogP contribution >= 0.6 is 0 Å². The van der Waals surface area contributed by atoms with Crippen LogP contribution in [0.4, 0.5) is 29.3 Å². The number of rotatable bonds is 6. The molecule has 4 atom stereocenters. The number of carbonyl (C=O) groups excluding carboxylic acids is 4. The molecule has 6 rings (SSSR count). The van der Waals surface area contributed by atoms with E-state index in [0.717, 1.165) is 12.1 Å².